The van der Waals surface area contributed by atoms with E-state index in [9.17, 15) is 9.59 Å². The lowest BCUT2D eigenvalue weighted by atomic mass is 10.0. The monoisotopic (exact) mass is 395 g/mol. The van der Waals surface area contributed by atoms with Gasteiger partial charge in [-0.1, -0.05) is 83.2 Å². The predicted octanol–water partition coefficient (Wildman–Crippen LogP) is 6.30. The second kappa shape index (κ2) is 13.5. The molecule has 0 fully saturated rings. The van der Waals surface area contributed by atoms with Gasteiger partial charge in [0.1, 0.15) is 5.78 Å². The van der Waals surface area contributed by atoms with Crippen molar-refractivity contribution in [2.24, 2.45) is 11.8 Å². The van der Waals surface area contributed by atoms with Crippen molar-refractivity contribution in [3.05, 3.63) is 71.3 Å². The Bertz CT molecular complexity index is 769. The largest absolute Gasteiger partial charge is 0.399 e. The zero-order chi connectivity index (χ0) is 21.1. The van der Waals surface area contributed by atoms with Gasteiger partial charge in [0.25, 0.3) is 0 Å². The molecule has 158 valence electrons. The van der Waals surface area contributed by atoms with Gasteiger partial charge < -0.3 is 5.73 Å². The van der Waals surface area contributed by atoms with Gasteiger partial charge in [0, 0.05) is 23.9 Å². The highest BCUT2D eigenvalue weighted by Gasteiger charge is 2.06. The molecule has 0 atom stereocenters. The van der Waals surface area contributed by atoms with Gasteiger partial charge in [0.2, 0.25) is 0 Å². The zero-order valence-electron chi connectivity index (χ0n) is 17.7. The van der Waals surface area contributed by atoms with Crippen molar-refractivity contribution in [1.82, 2.24) is 0 Å². The average Bonchev–Trinajstić information content (AvgIpc) is 2.67. The first kappa shape index (κ1) is 26.3. The van der Waals surface area contributed by atoms with E-state index in [0.717, 1.165) is 17.7 Å². The topological polar surface area (TPSA) is 60.2 Å². The molecule has 29 heavy (non-hydrogen) atoms. The molecule has 0 saturated carbocycles. The maximum absolute atomic E-state index is 11.4. The fourth-order valence-corrected chi connectivity index (χ4v) is 2.29. The second-order valence-electron chi connectivity index (χ2n) is 7.66. The molecule has 2 aromatic rings. The van der Waals surface area contributed by atoms with Crippen LogP contribution in [0.5, 0.6) is 0 Å². The Kier molecular flexibility index (Phi) is 12.2. The number of rotatable bonds is 7. The Morgan fingerprint density at radius 2 is 1.45 bits per heavy atom. The summed E-state index contributed by atoms with van der Waals surface area (Å²) in [5.74, 6) is 0.716. The first-order valence-electron chi connectivity index (χ1n) is 9.84. The first-order chi connectivity index (χ1) is 13.2. The Balaban J connectivity index is 0.000000523. The lowest BCUT2D eigenvalue weighted by molar-refractivity contribution is -0.121. The van der Waals surface area contributed by atoms with Crippen molar-refractivity contribution < 1.29 is 9.59 Å². The van der Waals surface area contributed by atoms with Crippen molar-refractivity contribution in [3.63, 3.8) is 0 Å². The van der Waals surface area contributed by atoms with E-state index in [2.05, 4.69) is 0 Å². The molecule has 2 aromatic carbocycles. The predicted molar refractivity (Wildman–Crippen MR) is 126 cm³/mol. The normalized spacial score (nSPS) is 10.4. The number of carbonyl (C=O) groups is 2. The van der Waals surface area contributed by atoms with Crippen LogP contribution in [0.15, 0.2) is 54.6 Å². The van der Waals surface area contributed by atoms with E-state index < -0.39 is 0 Å². The molecular formula is C26H37NO2. The van der Waals surface area contributed by atoms with E-state index in [-0.39, 0.29) is 25.0 Å². The maximum Gasteiger partial charge on any atom is 0.158 e. The quantitative estimate of drug-likeness (QED) is 0.442. The molecule has 0 saturated heterocycles. The summed E-state index contributed by atoms with van der Waals surface area (Å²) in [5, 5.41) is 0. The fraction of sp³-hybridized carbons (Fsp3) is 0.385. The highest BCUT2D eigenvalue weighted by molar-refractivity contribution is 5.94. The molecule has 0 aliphatic carbocycles. The number of hydrogen-bond donors (Lipinski definition) is 1. The molecule has 0 heterocycles. The summed E-state index contributed by atoms with van der Waals surface area (Å²) < 4.78 is 0. The summed E-state index contributed by atoms with van der Waals surface area (Å²) in [6.45, 7) is 9.73. The van der Waals surface area contributed by atoms with Gasteiger partial charge in [0.05, 0.1) is 0 Å². The Morgan fingerprint density at radius 3 is 1.93 bits per heavy atom. The molecule has 0 aliphatic heterocycles. The van der Waals surface area contributed by atoms with Crippen LogP contribution >= 0.6 is 0 Å². The number of aryl methyl sites for hydroxylation is 2. The van der Waals surface area contributed by atoms with Crippen LogP contribution in [0.2, 0.25) is 0 Å². The first-order valence-corrected chi connectivity index (χ1v) is 9.84. The molecule has 0 aromatic heterocycles. The number of anilines is 1. The molecule has 2 N–H and O–H groups in total. The summed E-state index contributed by atoms with van der Waals surface area (Å²) in [7, 11) is 0. The van der Waals surface area contributed by atoms with Gasteiger partial charge in [-0.25, -0.2) is 0 Å². The van der Waals surface area contributed by atoms with E-state index >= 15 is 0 Å². The smallest absolute Gasteiger partial charge is 0.158 e. The van der Waals surface area contributed by atoms with Crippen LogP contribution in [0.25, 0.3) is 6.08 Å². The third kappa shape index (κ3) is 11.0. The van der Waals surface area contributed by atoms with Crippen molar-refractivity contribution in [1.29, 1.82) is 0 Å². The number of nitrogen functional groups attached to an aromatic ring is 1. The van der Waals surface area contributed by atoms with Gasteiger partial charge >= 0.3 is 0 Å². The lowest BCUT2D eigenvalue weighted by Crippen LogP contribution is -2.07. The van der Waals surface area contributed by atoms with E-state index in [1.807, 2.05) is 89.2 Å². The molecule has 0 aliphatic rings. The van der Waals surface area contributed by atoms with E-state index in [1.54, 1.807) is 6.08 Å². The van der Waals surface area contributed by atoms with E-state index in [4.69, 9.17) is 5.73 Å². The third-order valence-corrected chi connectivity index (χ3v) is 4.37. The standard InChI is InChI=1S/C13H16O.C12H17NO.CH4/c1-10(2)13(14)9-8-12-6-4-11(3)5-7-12;1-9(2)12(14)8-5-10-3-6-11(13)7-4-10;/h4-10H,1-3H3;3-4,6-7,9H,5,8,13H2,1-2H3;1H4/b9-8+;;. The van der Waals surface area contributed by atoms with Crippen molar-refractivity contribution in [2.75, 3.05) is 5.73 Å². The number of ketones is 2. The van der Waals surface area contributed by atoms with Crippen LogP contribution in [0, 0.1) is 18.8 Å². The summed E-state index contributed by atoms with van der Waals surface area (Å²) >= 11 is 0. The van der Waals surface area contributed by atoms with Crippen molar-refractivity contribution in [3.8, 4) is 0 Å². The number of nitrogens with two attached hydrogens (primary N) is 1. The Morgan fingerprint density at radius 1 is 0.897 bits per heavy atom. The van der Waals surface area contributed by atoms with Gasteiger partial charge in [0.15, 0.2) is 5.78 Å². The summed E-state index contributed by atoms with van der Waals surface area (Å²) in [6, 6.07) is 15.8. The maximum atomic E-state index is 11.4. The molecule has 0 radical (unpaired) electrons. The molecule has 0 spiro atoms. The van der Waals surface area contributed by atoms with Crippen molar-refractivity contribution >= 4 is 23.3 Å². The summed E-state index contributed by atoms with van der Waals surface area (Å²) in [6.07, 6.45) is 4.95. The van der Waals surface area contributed by atoms with Crippen LogP contribution in [-0.2, 0) is 16.0 Å². The fourth-order valence-electron chi connectivity index (χ4n) is 2.29. The number of benzene rings is 2. The number of allylic oxidation sites excluding steroid dienone is 1. The molecule has 3 nitrogen and oxygen atoms in total. The number of hydrogen-bond acceptors (Lipinski definition) is 3. The van der Waals surface area contributed by atoms with Crippen LogP contribution in [-0.4, -0.2) is 11.6 Å². The number of carbonyl (C=O) groups excluding carboxylic acids is 2. The minimum absolute atomic E-state index is 0. The zero-order valence-corrected chi connectivity index (χ0v) is 17.7. The second-order valence-corrected chi connectivity index (χ2v) is 7.66. The van der Waals surface area contributed by atoms with E-state index in [0.29, 0.717) is 12.2 Å². The Hall–Kier alpha value is -2.68. The van der Waals surface area contributed by atoms with Crippen molar-refractivity contribution in [2.45, 2.75) is 54.9 Å². The minimum atomic E-state index is 0. The molecule has 0 amide bonds. The van der Waals surface area contributed by atoms with Gasteiger partial charge in [-0.15, -0.1) is 0 Å². The minimum Gasteiger partial charge on any atom is -0.399 e. The van der Waals surface area contributed by atoms with Crippen LogP contribution in [0.3, 0.4) is 0 Å². The molecular weight excluding hydrogens is 358 g/mol. The van der Waals surface area contributed by atoms with Crippen LogP contribution in [0.1, 0.15) is 58.2 Å². The summed E-state index contributed by atoms with van der Waals surface area (Å²) in [5.41, 5.74) is 9.81. The summed E-state index contributed by atoms with van der Waals surface area (Å²) in [4.78, 5) is 22.7. The van der Waals surface area contributed by atoms with Gasteiger partial charge in [-0.05, 0) is 42.7 Å². The molecule has 0 bridgehead atoms. The van der Waals surface area contributed by atoms with Crippen LogP contribution < -0.4 is 5.73 Å². The molecule has 0 unspecified atom stereocenters. The highest BCUT2D eigenvalue weighted by Crippen LogP contribution is 2.10. The van der Waals surface area contributed by atoms with E-state index in [1.165, 1.54) is 11.1 Å². The SMILES string of the molecule is C.CC(C)C(=O)CCc1ccc(N)cc1.Cc1ccc(/C=C/C(=O)C(C)C)cc1. The average molecular weight is 396 g/mol. The third-order valence-electron chi connectivity index (χ3n) is 4.37. The molecule has 2 rings (SSSR count). The van der Waals surface area contributed by atoms with Gasteiger partial charge in [-0.3, -0.25) is 9.59 Å². The highest BCUT2D eigenvalue weighted by atomic mass is 16.1. The van der Waals surface area contributed by atoms with Crippen LogP contribution in [0.4, 0.5) is 5.69 Å². The lowest BCUT2D eigenvalue weighted by Gasteiger charge is -2.04. The Labute approximate surface area is 177 Å². The molecule has 3 heteroatoms. The van der Waals surface area contributed by atoms with Gasteiger partial charge in [-0.2, -0.15) is 0 Å². The number of Topliss-reactive ketones (excluding diaryl/α,β-unsaturated/α-hetero) is 1.